The highest BCUT2D eigenvalue weighted by Gasteiger charge is 2.29. The van der Waals surface area contributed by atoms with Gasteiger partial charge in [-0.2, -0.15) is 0 Å². The van der Waals surface area contributed by atoms with Gasteiger partial charge in [0.2, 0.25) is 0 Å². The fraction of sp³-hybridized carbons (Fsp3) is 0.692. The Morgan fingerprint density at radius 2 is 2.12 bits per heavy atom. The van der Waals surface area contributed by atoms with Crippen molar-refractivity contribution in [2.45, 2.75) is 52.9 Å². The van der Waals surface area contributed by atoms with Gasteiger partial charge in [-0.25, -0.2) is 0 Å². The van der Waals surface area contributed by atoms with Crippen LogP contribution in [0.1, 0.15) is 52.9 Å². The minimum atomic E-state index is -0.205. The average Bonchev–Trinajstić information content (AvgIpc) is 2.16. The summed E-state index contributed by atoms with van der Waals surface area (Å²) < 4.78 is 5.02. The zero-order valence-corrected chi connectivity index (χ0v) is 10.3. The van der Waals surface area contributed by atoms with E-state index in [-0.39, 0.29) is 17.7 Å². The van der Waals surface area contributed by atoms with Gasteiger partial charge in [-0.1, -0.05) is 26.2 Å². The Morgan fingerprint density at radius 1 is 1.44 bits per heavy atom. The monoisotopic (exact) mass is 224 g/mol. The molecular formula is C13H20O3. The molecule has 1 heterocycles. The van der Waals surface area contributed by atoms with E-state index in [1.165, 1.54) is 0 Å². The lowest BCUT2D eigenvalue weighted by molar-refractivity contribution is -0.142. The first-order valence-corrected chi connectivity index (χ1v) is 5.98. The van der Waals surface area contributed by atoms with Crippen LogP contribution in [0.15, 0.2) is 11.3 Å². The zero-order valence-electron chi connectivity index (χ0n) is 10.3. The number of cyclic esters (lactones) is 1. The summed E-state index contributed by atoms with van der Waals surface area (Å²) in [6.07, 6.45) is 4.63. The van der Waals surface area contributed by atoms with Gasteiger partial charge >= 0.3 is 5.97 Å². The molecule has 0 saturated carbocycles. The highest BCUT2D eigenvalue weighted by molar-refractivity contribution is 5.96. The van der Waals surface area contributed by atoms with Gasteiger partial charge < -0.3 is 4.74 Å². The average molecular weight is 224 g/mol. The standard InChI is InChI=1S/C13H20O3/c1-4-5-6-7-11-8-12(15)16-10(3)13(11)9(2)14/h11H,4-8H2,1-3H3. The third-order valence-electron chi connectivity index (χ3n) is 3.00. The number of Topliss-reactive ketones (excluding diaryl/α,β-unsaturated/α-hetero) is 1. The Morgan fingerprint density at radius 3 is 2.69 bits per heavy atom. The van der Waals surface area contributed by atoms with E-state index >= 15 is 0 Å². The summed E-state index contributed by atoms with van der Waals surface area (Å²) in [5.74, 6) is 0.408. The van der Waals surface area contributed by atoms with Crippen molar-refractivity contribution in [1.82, 2.24) is 0 Å². The first-order valence-electron chi connectivity index (χ1n) is 5.98. The first kappa shape index (κ1) is 12.9. The molecule has 0 radical (unpaired) electrons. The number of ether oxygens (including phenoxy) is 1. The normalized spacial score (nSPS) is 20.9. The number of carbonyl (C=O) groups excluding carboxylic acids is 2. The van der Waals surface area contributed by atoms with Gasteiger partial charge in [0.05, 0.1) is 6.42 Å². The predicted octanol–water partition coefficient (Wildman–Crippen LogP) is 2.99. The van der Waals surface area contributed by atoms with Crippen molar-refractivity contribution in [1.29, 1.82) is 0 Å². The molecule has 3 heteroatoms. The third-order valence-corrected chi connectivity index (χ3v) is 3.00. The van der Waals surface area contributed by atoms with E-state index in [4.69, 9.17) is 4.74 Å². The number of allylic oxidation sites excluding steroid dienone is 2. The quantitative estimate of drug-likeness (QED) is 0.532. The fourth-order valence-corrected chi connectivity index (χ4v) is 2.28. The number of rotatable bonds is 5. The number of unbranched alkanes of at least 4 members (excludes halogenated alkanes) is 2. The molecule has 0 spiro atoms. The molecule has 1 aliphatic rings. The summed E-state index contributed by atoms with van der Waals surface area (Å²) in [5, 5.41) is 0. The van der Waals surface area contributed by atoms with Crippen molar-refractivity contribution in [3.63, 3.8) is 0 Å². The molecule has 0 saturated heterocycles. The van der Waals surface area contributed by atoms with Crippen LogP contribution in [-0.4, -0.2) is 11.8 Å². The number of hydrogen-bond donors (Lipinski definition) is 0. The van der Waals surface area contributed by atoms with Gasteiger partial charge in [0.25, 0.3) is 0 Å². The van der Waals surface area contributed by atoms with Gasteiger partial charge in [-0.15, -0.1) is 0 Å². The van der Waals surface area contributed by atoms with E-state index in [1.807, 2.05) is 0 Å². The van der Waals surface area contributed by atoms with Crippen molar-refractivity contribution in [3.8, 4) is 0 Å². The molecule has 0 aromatic heterocycles. The summed E-state index contributed by atoms with van der Waals surface area (Å²) in [6, 6.07) is 0. The predicted molar refractivity (Wildman–Crippen MR) is 61.7 cm³/mol. The van der Waals surface area contributed by atoms with E-state index < -0.39 is 0 Å². The van der Waals surface area contributed by atoms with Crippen LogP contribution < -0.4 is 0 Å². The third kappa shape index (κ3) is 3.19. The van der Waals surface area contributed by atoms with Crippen LogP contribution in [0.25, 0.3) is 0 Å². The lowest BCUT2D eigenvalue weighted by atomic mass is 9.86. The van der Waals surface area contributed by atoms with Crippen LogP contribution in [0.3, 0.4) is 0 Å². The van der Waals surface area contributed by atoms with Crippen LogP contribution in [0.4, 0.5) is 0 Å². The summed E-state index contributed by atoms with van der Waals surface area (Å²) in [6.45, 7) is 5.40. The molecule has 0 bridgehead atoms. The van der Waals surface area contributed by atoms with Crippen LogP contribution in [0, 0.1) is 5.92 Å². The van der Waals surface area contributed by atoms with Gasteiger partial charge in [0, 0.05) is 11.5 Å². The topological polar surface area (TPSA) is 43.4 Å². The van der Waals surface area contributed by atoms with E-state index in [0.717, 1.165) is 31.3 Å². The molecular weight excluding hydrogens is 204 g/mol. The molecule has 0 aromatic rings. The van der Waals surface area contributed by atoms with Crippen LogP contribution >= 0.6 is 0 Å². The molecule has 0 amide bonds. The molecule has 3 nitrogen and oxygen atoms in total. The highest BCUT2D eigenvalue weighted by Crippen LogP contribution is 2.30. The Labute approximate surface area is 96.9 Å². The van der Waals surface area contributed by atoms with Gasteiger partial charge in [-0.05, 0) is 20.3 Å². The molecule has 0 fully saturated rings. The van der Waals surface area contributed by atoms with Crippen molar-refractivity contribution in [2.24, 2.45) is 5.92 Å². The van der Waals surface area contributed by atoms with Gasteiger partial charge in [0.1, 0.15) is 5.76 Å². The molecule has 0 aliphatic carbocycles. The maximum atomic E-state index is 11.5. The van der Waals surface area contributed by atoms with Crippen LogP contribution in [0.5, 0.6) is 0 Å². The largest absolute Gasteiger partial charge is 0.431 e. The second kappa shape index (κ2) is 5.83. The lowest BCUT2D eigenvalue weighted by Crippen LogP contribution is -2.24. The second-order valence-corrected chi connectivity index (χ2v) is 4.40. The fourth-order valence-electron chi connectivity index (χ4n) is 2.28. The minimum Gasteiger partial charge on any atom is -0.431 e. The van der Waals surface area contributed by atoms with Crippen LogP contribution in [0.2, 0.25) is 0 Å². The van der Waals surface area contributed by atoms with E-state index in [0.29, 0.717) is 12.2 Å². The highest BCUT2D eigenvalue weighted by atomic mass is 16.5. The zero-order chi connectivity index (χ0) is 12.1. The SMILES string of the molecule is CCCCCC1CC(=O)OC(C)=C1C(C)=O. The van der Waals surface area contributed by atoms with Crippen molar-refractivity contribution in [3.05, 3.63) is 11.3 Å². The summed E-state index contributed by atoms with van der Waals surface area (Å²) >= 11 is 0. The van der Waals surface area contributed by atoms with E-state index in [2.05, 4.69) is 6.92 Å². The number of carbonyl (C=O) groups is 2. The molecule has 0 aromatic carbocycles. The van der Waals surface area contributed by atoms with Crippen LogP contribution in [-0.2, 0) is 14.3 Å². The Balaban J connectivity index is 2.75. The first-order chi connectivity index (χ1) is 7.56. The van der Waals surface area contributed by atoms with Crippen molar-refractivity contribution < 1.29 is 14.3 Å². The summed E-state index contributed by atoms with van der Waals surface area (Å²) in [4.78, 5) is 22.8. The molecule has 1 aliphatic heterocycles. The Kier molecular flexibility index (Phi) is 4.71. The Hall–Kier alpha value is -1.12. The molecule has 90 valence electrons. The molecule has 16 heavy (non-hydrogen) atoms. The second-order valence-electron chi connectivity index (χ2n) is 4.40. The number of ketones is 1. The molecule has 0 N–H and O–H groups in total. The maximum absolute atomic E-state index is 11.5. The molecule has 1 atom stereocenters. The van der Waals surface area contributed by atoms with Crippen molar-refractivity contribution >= 4 is 11.8 Å². The minimum absolute atomic E-state index is 0.0338. The molecule has 1 unspecified atom stereocenters. The van der Waals surface area contributed by atoms with Gasteiger partial charge in [-0.3, -0.25) is 9.59 Å². The Bertz CT molecular complexity index is 315. The lowest BCUT2D eigenvalue weighted by Gasteiger charge is -2.24. The van der Waals surface area contributed by atoms with Gasteiger partial charge in [0.15, 0.2) is 5.78 Å². The summed E-state index contributed by atoms with van der Waals surface area (Å²) in [7, 11) is 0. The summed E-state index contributed by atoms with van der Waals surface area (Å²) in [5.41, 5.74) is 0.718. The number of hydrogen-bond acceptors (Lipinski definition) is 3. The van der Waals surface area contributed by atoms with E-state index in [9.17, 15) is 9.59 Å². The smallest absolute Gasteiger partial charge is 0.311 e. The van der Waals surface area contributed by atoms with Crippen molar-refractivity contribution in [2.75, 3.05) is 0 Å². The maximum Gasteiger partial charge on any atom is 0.311 e. The van der Waals surface area contributed by atoms with E-state index in [1.54, 1.807) is 13.8 Å². The molecule has 1 rings (SSSR count). The number of esters is 1.